The number of hydrogen-bond donors (Lipinski definition) is 1. The van der Waals surface area contributed by atoms with Gasteiger partial charge in [0.05, 0.1) is 4.90 Å². The minimum Gasteiger partial charge on any atom is -0.492 e. The summed E-state index contributed by atoms with van der Waals surface area (Å²) in [7, 11) is -3.58. The lowest BCUT2D eigenvalue weighted by molar-refractivity contribution is 0.223. The van der Waals surface area contributed by atoms with Gasteiger partial charge in [0, 0.05) is 13.1 Å². The van der Waals surface area contributed by atoms with Crippen LogP contribution in [-0.4, -0.2) is 39.6 Å². The van der Waals surface area contributed by atoms with Crippen molar-refractivity contribution in [3.63, 3.8) is 0 Å². The highest BCUT2D eigenvalue weighted by molar-refractivity contribution is 7.89. The summed E-state index contributed by atoms with van der Waals surface area (Å²) in [6, 6.07) is 20.4. The van der Waals surface area contributed by atoms with E-state index < -0.39 is 10.0 Å². The largest absolute Gasteiger partial charge is 0.492 e. The van der Waals surface area contributed by atoms with Crippen molar-refractivity contribution in [1.29, 1.82) is 0 Å². The molecule has 3 aromatic carbocycles. The molecule has 3 aromatic rings. The van der Waals surface area contributed by atoms with Gasteiger partial charge in [0.1, 0.15) is 12.4 Å². The molecule has 3 rings (SSSR count). The van der Waals surface area contributed by atoms with Crippen LogP contribution in [0.3, 0.4) is 0 Å². The van der Waals surface area contributed by atoms with E-state index in [1.165, 1.54) is 0 Å². The van der Waals surface area contributed by atoms with Crippen molar-refractivity contribution in [1.82, 2.24) is 9.62 Å². The number of hydrogen-bond acceptors (Lipinski definition) is 4. The van der Waals surface area contributed by atoms with Crippen molar-refractivity contribution < 1.29 is 13.2 Å². The highest BCUT2D eigenvalue weighted by atomic mass is 32.2. The maximum atomic E-state index is 12.6. The monoisotopic (exact) mass is 412 g/mol. The number of nitrogens with one attached hydrogen (secondary N) is 1. The van der Waals surface area contributed by atoms with Crippen LogP contribution in [-0.2, 0) is 16.6 Å². The fraction of sp³-hybridized carbons (Fsp3) is 0.304. The molecule has 0 aliphatic carbocycles. The second-order valence-corrected chi connectivity index (χ2v) is 8.62. The summed E-state index contributed by atoms with van der Waals surface area (Å²) in [4.78, 5) is 2.57. The molecule has 0 aliphatic heterocycles. The third kappa shape index (κ3) is 5.79. The molecule has 0 spiro atoms. The fourth-order valence-corrected chi connectivity index (χ4v) is 4.18. The summed E-state index contributed by atoms with van der Waals surface area (Å²) in [5.74, 6) is 0.790. The van der Waals surface area contributed by atoms with Gasteiger partial charge in [-0.25, -0.2) is 13.1 Å². The SMILES string of the molecule is CCN(CC)CCOc1ccc(CNS(=O)(=O)c2ccc3ccccc3c2)cc1. The van der Waals surface area contributed by atoms with Gasteiger partial charge in [-0.3, -0.25) is 0 Å². The van der Waals surface area contributed by atoms with Crippen molar-refractivity contribution in [2.75, 3.05) is 26.2 Å². The van der Waals surface area contributed by atoms with Gasteiger partial charge in [0.2, 0.25) is 10.0 Å². The maximum Gasteiger partial charge on any atom is 0.240 e. The molecule has 0 bridgehead atoms. The molecular weight excluding hydrogens is 384 g/mol. The molecule has 5 nitrogen and oxygen atoms in total. The van der Waals surface area contributed by atoms with Crippen molar-refractivity contribution in [3.8, 4) is 5.75 Å². The summed E-state index contributed by atoms with van der Waals surface area (Å²) >= 11 is 0. The number of sulfonamides is 1. The van der Waals surface area contributed by atoms with Crippen LogP contribution in [0.5, 0.6) is 5.75 Å². The zero-order valence-corrected chi connectivity index (χ0v) is 17.8. The predicted molar refractivity (Wildman–Crippen MR) is 118 cm³/mol. The zero-order chi connectivity index (χ0) is 20.7. The summed E-state index contributed by atoms with van der Waals surface area (Å²) in [6.45, 7) is 8.05. The van der Waals surface area contributed by atoms with Crippen LogP contribution in [0.15, 0.2) is 71.6 Å². The van der Waals surface area contributed by atoms with Crippen LogP contribution in [0.4, 0.5) is 0 Å². The molecule has 0 saturated heterocycles. The standard InChI is InChI=1S/C23H28N2O3S/c1-3-25(4-2)15-16-28-22-12-9-19(10-13-22)18-24-29(26,27)23-14-11-20-7-5-6-8-21(20)17-23/h5-14,17,24H,3-4,15-16,18H2,1-2H3. The molecule has 0 amide bonds. The summed E-state index contributed by atoms with van der Waals surface area (Å²) in [5.41, 5.74) is 0.880. The first-order chi connectivity index (χ1) is 14.0. The minimum atomic E-state index is -3.58. The van der Waals surface area contributed by atoms with E-state index in [2.05, 4.69) is 23.5 Å². The Balaban J connectivity index is 1.57. The van der Waals surface area contributed by atoms with E-state index in [1.54, 1.807) is 12.1 Å². The quantitative estimate of drug-likeness (QED) is 0.546. The van der Waals surface area contributed by atoms with Crippen LogP contribution < -0.4 is 9.46 Å². The first-order valence-electron chi connectivity index (χ1n) is 9.94. The van der Waals surface area contributed by atoms with E-state index in [-0.39, 0.29) is 11.4 Å². The van der Waals surface area contributed by atoms with Crippen LogP contribution >= 0.6 is 0 Å². The van der Waals surface area contributed by atoms with Gasteiger partial charge in [-0.05, 0) is 53.7 Å². The number of likely N-dealkylation sites (N-methyl/N-ethyl adjacent to an activating group) is 1. The molecule has 0 fully saturated rings. The highest BCUT2D eigenvalue weighted by Gasteiger charge is 2.14. The maximum absolute atomic E-state index is 12.6. The Labute approximate surface area is 173 Å². The number of benzene rings is 3. The second kappa shape index (κ2) is 9.87. The summed E-state index contributed by atoms with van der Waals surface area (Å²) < 4.78 is 33.7. The average molecular weight is 413 g/mol. The van der Waals surface area contributed by atoms with Gasteiger partial charge in [0.15, 0.2) is 0 Å². The Morgan fingerprint density at radius 3 is 2.28 bits per heavy atom. The van der Waals surface area contributed by atoms with Gasteiger partial charge >= 0.3 is 0 Å². The first kappa shape index (κ1) is 21.3. The highest BCUT2D eigenvalue weighted by Crippen LogP contribution is 2.19. The molecule has 154 valence electrons. The van der Waals surface area contributed by atoms with E-state index in [1.807, 2.05) is 54.6 Å². The molecule has 0 aromatic heterocycles. The molecule has 0 heterocycles. The van der Waals surface area contributed by atoms with E-state index in [9.17, 15) is 8.42 Å². The number of ether oxygens (including phenoxy) is 1. The van der Waals surface area contributed by atoms with Gasteiger partial charge < -0.3 is 9.64 Å². The third-order valence-corrected chi connectivity index (χ3v) is 6.39. The fourth-order valence-electron chi connectivity index (χ4n) is 3.13. The molecule has 0 unspecified atom stereocenters. The molecule has 1 N–H and O–H groups in total. The summed E-state index contributed by atoms with van der Waals surface area (Å²) in [5, 5.41) is 1.92. The summed E-state index contributed by atoms with van der Waals surface area (Å²) in [6.07, 6.45) is 0. The Bertz CT molecular complexity index is 1030. The van der Waals surface area contributed by atoms with Crippen molar-refractivity contribution in [3.05, 3.63) is 72.3 Å². The lowest BCUT2D eigenvalue weighted by Crippen LogP contribution is -2.27. The van der Waals surface area contributed by atoms with E-state index in [0.29, 0.717) is 6.61 Å². The van der Waals surface area contributed by atoms with Crippen LogP contribution in [0, 0.1) is 0 Å². The minimum absolute atomic E-state index is 0.231. The first-order valence-corrected chi connectivity index (χ1v) is 11.4. The van der Waals surface area contributed by atoms with Gasteiger partial charge in [-0.15, -0.1) is 0 Å². The van der Waals surface area contributed by atoms with Crippen molar-refractivity contribution in [2.45, 2.75) is 25.3 Å². The topological polar surface area (TPSA) is 58.6 Å². The van der Waals surface area contributed by atoms with Crippen LogP contribution in [0.25, 0.3) is 10.8 Å². The Kier molecular flexibility index (Phi) is 7.25. The molecule has 0 radical (unpaired) electrons. The van der Waals surface area contributed by atoms with E-state index in [0.717, 1.165) is 41.7 Å². The smallest absolute Gasteiger partial charge is 0.240 e. The van der Waals surface area contributed by atoms with E-state index in [4.69, 9.17) is 4.74 Å². The average Bonchev–Trinajstić information content (AvgIpc) is 2.76. The van der Waals surface area contributed by atoms with Crippen LogP contribution in [0.1, 0.15) is 19.4 Å². The predicted octanol–water partition coefficient (Wildman–Crippen LogP) is 4.04. The van der Waals surface area contributed by atoms with Crippen molar-refractivity contribution in [2.24, 2.45) is 0 Å². The van der Waals surface area contributed by atoms with Gasteiger partial charge in [-0.1, -0.05) is 56.3 Å². The number of rotatable bonds is 10. The van der Waals surface area contributed by atoms with Gasteiger partial charge in [0.25, 0.3) is 0 Å². The third-order valence-electron chi connectivity index (χ3n) is 4.99. The Morgan fingerprint density at radius 1 is 0.897 bits per heavy atom. The number of nitrogens with zero attached hydrogens (tertiary/aromatic N) is 1. The molecule has 29 heavy (non-hydrogen) atoms. The number of fused-ring (bicyclic) bond motifs is 1. The Morgan fingerprint density at radius 2 is 1.59 bits per heavy atom. The molecule has 0 atom stereocenters. The van der Waals surface area contributed by atoms with Crippen molar-refractivity contribution >= 4 is 20.8 Å². The lowest BCUT2D eigenvalue weighted by atomic mass is 10.1. The molecule has 0 aliphatic rings. The lowest BCUT2D eigenvalue weighted by Gasteiger charge is -2.18. The molecule has 0 saturated carbocycles. The van der Waals surface area contributed by atoms with E-state index >= 15 is 0 Å². The molecular formula is C23H28N2O3S. The normalized spacial score (nSPS) is 11.8. The van der Waals surface area contributed by atoms with Crippen LogP contribution in [0.2, 0.25) is 0 Å². The zero-order valence-electron chi connectivity index (χ0n) is 17.0. The second-order valence-electron chi connectivity index (χ2n) is 6.85. The van der Waals surface area contributed by atoms with Gasteiger partial charge in [-0.2, -0.15) is 0 Å². The Hall–Kier alpha value is -2.41. The molecule has 6 heteroatoms.